The highest BCUT2D eigenvalue weighted by Gasteiger charge is 2.39. The predicted molar refractivity (Wildman–Crippen MR) is 40.1 cm³/mol. The Morgan fingerprint density at radius 3 is 3.00 bits per heavy atom. The molecule has 0 aliphatic carbocycles. The summed E-state index contributed by atoms with van der Waals surface area (Å²) in [5.74, 6) is 0.190. The van der Waals surface area contributed by atoms with Gasteiger partial charge in [-0.25, -0.2) is 0 Å². The van der Waals surface area contributed by atoms with E-state index in [9.17, 15) is 4.79 Å². The average molecular weight is 155 g/mol. The second-order valence-electron chi connectivity index (χ2n) is 3.61. The molecule has 1 atom stereocenters. The van der Waals surface area contributed by atoms with Gasteiger partial charge in [0.15, 0.2) is 0 Å². The van der Waals surface area contributed by atoms with Gasteiger partial charge >= 0.3 is 0 Å². The van der Waals surface area contributed by atoms with Crippen LogP contribution < -0.4 is 5.32 Å². The number of carbonyl (C=O) groups is 1. The third kappa shape index (κ3) is 1.25. The van der Waals surface area contributed by atoms with Gasteiger partial charge in [0.25, 0.3) is 0 Å². The van der Waals surface area contributed by atoms with Crippen molar-refractivity contribution in [2.75, 3.05) is 19.8 Å². The zero-order chi connectivity index (χ0) is 7.73. The van der Waals surface area contributed by atoms with E-state index >= 15 is 0 Å². The van der Waals surface area contributed by atoms with Crippen LogP contribution >= 0.6 is 0 Å². The Hall–Kier alpha value is -0.570. The van der Waals surface area contributed by atoms with Gasteiger partial charge in [-0.15, -0.1) is 0 Å². The molecule has 0 unspecified atom stereocenters. The Morgan fingerprint density at radius 1 is 1.55 bits per heavy atom. The zero-order valence-corrected chi connectivity index (χ0v) is 6.56. The molecular formula is C8H13NO2. The largest absolute Gasteiger partial charge is 0.381 e. The first-order valence-electron chi connectivity index (χ1n) is 4.15. The van der Waals surface area contributed by atoms with Crippen molar-refractivity contribution in [2.24, 2.45) is 5.41 Å². The number of hydrogen-bond donors (Lipinski definition) is 1. The van der Waals surface area contributed by atoms with Crippen LogP contribution in [0.25, 0.3) is 0 Å². The number of carbonyl (C=O) groups excluding carboxylic acids is 1. The van der Waals surface area contributed by atoms with Crippen molar-refractivity contribution in [2.45, 2.75) is 19.3 Å². The first-order chi connectivity index (χ1) is 5.31. The maximum atomic E-state index is 10.9. The molecule has 0 bridgehead atoms. The molecule has 62 valence electrons. The van der Waals surface area contributed by atoms with Crippen molar-refractivity contribution in [3.8, 4) is 0 Å². The van der Waals surface area contributed by atoms with Gasteiger partial charge in [-0.2, -0.15) is 0 Å². The number of amides is 1. The number of hydrogen-bond acceptors (Lipinski definition) is 2. The summed E-state index contributed by atoms with van der Waals surface area (Å²) < 4.78 is 5.36. The van der Waals surface area contributed by atoms with Gasteiger partial charge in [0.2, 0.25) is 5.91 Å². The molecule has 1 N–H and O–H groups in total. The molecule has 2 saturated heterocycles. The van der Waals surface area contributed by atoms with Crippen LogP contribution in [0.3, 0.4) is 0 Å². The lowest BCUT2D eigenvalue weighted by Crippen LogP contribution is -2.33. The fraction of sp³-hybridized carbons (Fsp3) is 0.875. The lowest BCUT2D eigenvalue weighted by Gasteiger charge is -2.30. The van der Waals surface area contributed by atoms with E-state index in [1.165, 1.54) is 0 Å². The molecule has 3 heteroatoms. The number of ether oxygens (including phenoxy) is 1. The second-order valence-corrected chi connectivity index (χ2v) is 3.61. The number of rotatable bonds is 0. The van der Waals surface area contributed by atoms with Crippen LogP contribution in [0.2, 0.25) is 0 Å². The highest BCUT2D eigenvalue weighted by Crippen LogP contribution is 2.34. The van der Waals surface area contributed by atoms with E-state index in [0.717, 1.165) is 32.6 Å². The molecular weight excluding hydrogens is 142 g/mol. The third-order valence-electron chi connectivity index (χ3n) is 2.60. The topological polar surface area (TPSA) is 38.3 Å². The first kappa shape index (κ1) is 7.10. The van der Waals surface area contributed by atoms with Crippen molar-refractivity contribution in [3.05, 3.63) is 0 Å². The molecule has 1 spiro atoms. The second kappa shape index (κ2) is 2.48. The Morgan fingerprint density at radius 2 is 2.45 bits per heavy atom. The summed E-state index contributed by atoms with van der Waals surface area (Å²) in [6.45, 7) is 2.47. The van der Waals surface area contributed by atoms with Crippen LogP contribution in [0.1, 0.15) is 19.3 Å². The lowest BCUT2D eigenvalue weighted by molar-refractivity contribution is -0.120. The van der Waals surface area contributed by atoms with Crippen molar-refractivity contribution < 1.29 is 9.53 Å². The van der Waals surface area contributed by atoms with Crippen molar-refractivity contribution in [3.63, 3.8) is 0 Å². The van der Waals surface area contributed by atoms with E-state index in [1.807, 2.05) is 0 Å². The smallest absolute Gasteiger partial charge is 0.220 e. The standard InChI is InChI=1S/C8H13NO2/c10-7-4-8(5-9-7)2-1-3-11-6-8/h1-6H2,(H,9,10)/t8-/m0/s1. The van der Waals surface area contributed by atoms with Crippen molar-refractivity contribution in [1.82, 2.24) is 5.32 Å². The van der Waals surface area contributed by atoms with Gasteiger partial charge in [-0.05, 0) is 12.8 Å². The Balaban J connectivity index is 2.03. The average Bonchev–Trinajstić information content (AvgIpc) is 2.34. The van der Waals surface area contributed by atoms with E-state index in [2.05, 4.69) is 5.32 Å². The maximum Gasteiger partial charge on any atom is 0.220 e. The van der Waals surface area contributed by atoms with Crippen LogP contribution in [0.15, 0.2) is 0 Å². The molecule has 0 aromatic rings. The summed E-state index contributed by atoms with van der Waals surface area (Å²) in [5, 5.41) is 2.86. The van der Waals surface area contributed by atoms with Gasteiger partial charge in [-0.3, -0.25) is 4.79 Å². The van der Waals surface area contributed by atoms with E-state index in [-0.39, 0.29) is 11.3 Å². The monoisotopic (exact) mass is 155 g/mol. The van der Waals surface area contributed by atoms with E-state index in [0.29, 0.717) is 6.42 Å². The van der Waals surface area contributed by atoms with Gasteiger partial charge in [0.05, 0.1) is 6.61 Å². The predicted octanol–water partition coefficient (Wildman–Crippen LogP) is 0.303. The quantitative estimate of drug-likeness (QED) is 0.546. The molecule has 0 radical (unpaired) electrons. The van der Waals surface area contributed by atoms with Crippen molar-refractivity contribution >= 4 is 5.91 Å². The minimum atomic E-state index is 0.162. The van der Waals surface area contributed by atoms with Crippen LogP contribution in [-0.4, -0.2) is 25.7 Å². The summed E-state index contributed by atoms with van der Waals surface area (Å²) in [5.41, 5.74) is 0.162. The first-order valence-corrected chi connectivity index (χ1v) is 4.15. The fourth-order valence-corrected chi connectivity index (χ4v) is 1.94. The molecule has 2 aliphatic heterocycles. The van der Waals surface area contributed by atoms with Crippen molar-refractivity contribution in [1.29, 1.82) is 0 Å². The highest BCUT2D eigenvalue weighted by molar-refractivity contribution is 5.79. The van der Waals surface area contributed by atoms with Crippen LogP contribution in [0, 0.1) is 5.41 Å². The minimum absolute atomic E-state index is 0.162. The molecule has 2 rings (SSSR count). The third-order valence-corrected chi connectivity index (χ3v) is 2.60. The molecule has 0 saturated carbocycles. The lowest BCUT2D eigenvalue weighted by atomic mass is 9.82. The molecule has 2 heterocycles. The van der Waals surface area contributed by atoms with E-state index < -0.39 is 0 Å². The summed E-state index contributed by atoms with van der Waals surface area (Å²) >= 11 is 0. The summed E-state index contributed by atoms with van der Waals surface area (Å²) in [4.78, 5) is 10.9. The minimum Gasteiger partial charge on any atom is -0.381 e. The maximum absolute atomic E-state index is 10.9. The number of nitrogens with one attached hydrogen (secondary N) is 1. The molecule has 3 nitrogen and oxygen atoms in total. The molecule has 0 aromatic heterocycles. The van der Waals surface area contributed by atoms with Gasteiger partial charge in [-0.1, -0.05) is 0 Å². The van der Waals surface area contributed by atoms with Gasteiger partial charge in [0.1, 0.15) is 0 Å². The Kier molecular flexibility index (Phi) is 1.60. The van der Waals surface area contributed by atoms with Gasteiger partial charge < -0.3 is 10.1 Å². The summed E-state index contributed by atoms with van der Waals surface area (Å²) in [6.07, 6.45) is 2.92. The Labute approximate surface area is 66.1 Å². The Bertz CT molecular complexity index is 173. The van der Waals surface area contributed by atoms with Crippen LogP contribution in [-0.2, 0) is 9.53 Å². The van der Waals surface area contributed by atoms with Crippen LogP contribution in [0.5, 0.6) is 0 Å². The molecule has 1 amide bonds. The molecule has 11 heavy (non-hydrogen) atoms. The normalized spacial score (nSPS) is 37.6. The van der Waals surface area contributed by atoms with Gasteiger partial charge in [0, 0.05) is 25.0 Å². The fourth-order valence-electron chi connectivity index (χ4n) is 1.94. The van der Waals surface area contributed by atoms with E-state index in [4.69, 9.17) is 4.74 Å². The molecule has 2 aliphatic rings. The summed E-state index contributed by atoms with van der Waals surface area (Å²) in [6, 6.07) is 0. The van der Waals surface area contributed by atoms with E-state index in [1.54, 1.807) is 0 Å². The molecule has 2 fully saturated rings. The SMILES string of the molecule is O=C1C[C@@]2(CCCOC2)CN1. The highest BCUT2D eigenvalue weighted by atomic mass is 16.5. The zero-order valence-electron chi connectivity index (χ0n) is 6.56. The van der Waals surface area contributed by atoms with Crippen LogP contribution in [0.4, 0.5) is 0 Å². The summed E-state index contributed by atoms with van der Waals surface area (Å²) in [7, 11) is 0. The molecule has 0 aromatic carbocycles.